The summed E-state index contributed by atoms with van der Waals surface area (Å²) < 4.78 is 0.885. The number of rotatable bonds is 4. The highest BCUT2D eigenvalue weighted by Gasteiger charge is 2.08. The SMILES string of the molecule is CC(Cc1ccc(O)cc1)Nc1cc(Br)cnc1Cl. The minimum absolute atomic E-state index is 0.207. The first kappa shape index (κ1) is 14.2. The van der Waals surface area contributed by atoms with Crippen LogP contribution in [0.1, 0.15) is 12.5 Å². The van der Waals surface area contributed by atoms with E-state index in [1.807, 2.05) is 18.2 Å². The number of phenols is 1. The summed E-state index contributed by atoms with van der Waals surface area (Å²) in [4.78, 5) is 4.07. The van der Waals surface area contributed by atoms with Crippen molar-refractivity contribution in [3.05, 3.63) is 51.7 Å². The summed E-state index contributed by atoms with van der Waals surface area (Å²) in [7, 11) is 0. The lowest BCUT2D eigenvalue weighted by Crippen LogP contribution is -2.18. The third-order valence-electron chi connectivity index (χ3n) is 2.69. The smallest absolute Gasteiger partial charge is 0.152 e. The molecule has 1 atom stereocenters. The number of pyridine rings is 1. The van der Waals surface area contributed by atoms with Crippen molar-refractivity contribution in [2.75, 3.05) is 5.32 Å². The molecule has 0 aliphatic carbocycles. The molecule has 2 N–H and O–H groups in total. The molecule has 1 aromatic heterocycles. The van der Waals surface area contributed by atoms with Crippen LogP contribution in [-0.2, 0) is 6.42 Å². The highest BCUT2D eigenvalue weighted by molar-refractivity contribution is 9.10. The number of hydrogen-bond acceptors (Lipinski definition) is 3. The summed E-state index contributed by atoms with van der Waals surface area (Å²) in [6.07, 6.45) is 2.50. The van der Waals surface area contributed by atoms with Gasteiger partial charge in [0.25, 0.3) is 0 Å². The van der Waals surface area contributed by atoms with Gasteiger partial charge >= 0.3 is 0 Å². The number of nitrogens with one attached hydrogen (secondary N) is 1. The molecule has 0 aliphatic rings. The lowest BCUT2D eigenvalue weighted by molar-refractivity contribution is 0.475. The van der Waals surface area contributed by atoms with Crippen molar-refractivity contribution < 1.29 is 5.11 Å². The van der Waals surface area contributed by atoms with E-state index in [1.165, 1.54) is 0 Å². The predicted octanol–water partition coefficient (Wildman–Crippen LogP) is 4.25. The molecule has 0 bridgehead atoms. The molecule has 1 heterocycles. The molecular formula is C14H14BrClN2O. The molecule has 0 spiro atoms. The highest BCUT2D eigenvalue weighted by Crippen LogP contribution is 2.24. The van der Waals surface area contributed by atoms with Gasteiger partial charge in [-0.15, -0.1) is 0 Å². The molecule has 100 valence electrons. The maximum absolute atomic E-state index is 9.25. The van der Waals surface area contributed by atoms with Gasteiger partial charge in [0, 0.05) is 16.7 Å². The Morgan fingerprint density at radius 3 is 2.74 bits per heavy atom. The van der Waals surface area contributed by atoms with Crippen LogP contribution in [0.15, 0.2) is 41.0 Å². The molecule has 0 saturated heterocycles. The molecule has 2 aromatic rings. The van der Waals surface area contributed by atoms with Gasteiger partial charge in [0.1, 0.15) is 5.75 Å². The quantitative estimate of drug-likeness (QED) is 0.817. The highest BCUT2D eigenvalue weighted by atomic mass is 79.9. The van der Waals surface area contributed by atoms with Crippen LogP contribution in [0.4, 0.5) is 5.69 Å². The molecule has 1 unspecified atom stereocenters. The van der Waals surface area contributed by atoms with Crippen LogP contribution in [0.2, 0.25) is 5.15 Å². The van der Waals surface area contributed by atoms with E-state index in [4.69, 9.17) is 11.6 Å². The maximum Gasteiger partial charge on any atom is 0.152 e. The molecule has 5 heteroatoms. The Hall–Kier alpha value is -1.26. The van der Waals surface area contributed by atoms with E-state index < -0.39 is 0 Å². The molecular weight excluding hydrogens is 328 g/mol. The van der Waals surface area contributed by atoms with E-state index in [0.717, 1.165) is 22.1 Å². The van der Waals surface area contributed by atoms with Crippen molar-refractivity contribution in [1.29, 1.82) is 0 Å². The summed E-state index contributed by atoms with van der Waals surface area (Å²) in [6.45, 7) is 2.07. The summed E-state index contributed by atoms with van der Waals surface area (Å²) in [5.41, 5.74) is 1.96. The van der Waals surface area contributed by atoms with Gasteiger partial charge in [-0.1, -0.05) is 23.7 Å². The Kier molecular flexibility index (Phi) is 4.66. The third kappa shape index (κ3) is 4.11. The fourth-order valence-corrected chi connectivity index (χ4v) is 2.32. The van der Waals surface area contributed by atoms with Crippen LogP contribution in [0, 0.1) is 0 Å². The van der Waals surface area contributed by atoms with Gasteiger partial charge < -0.3 is 10.4 Å². The van der Waals surface area contributed by atoms with Gasteiger partial charge in [0.05, 0.1) is 5.69 Å². The zero-order valence-electron chi connectivity index (χ0n) is 10.4. The minimum Gasteiger partial charge on any atom is -0.508 e. The Morgan fingerprint density at radius 2 is 2.05 bits per heavy atom. The second-order valence-electron chi connectivity index (χ2n) is 4.41. The topological polar surface area (TPSA) is 45.1 Å². The Balaban J connectivity index is 2.02. The van der Waals surface area contributed by atoms with E-state index in [1.54, 1.807) is 18.3 Å². The molecule has 0 amide bonds. The first-order chi connectivity index (χ1) is 9.04. The lowest BCUT2D eigenvalue weighted by atomic mass is 10.1. The largest absolute Gasteiger partial charge is 0.508 e. The normalized spacial score (nSPS) is 12.2. The molecule has 0 aliphatic heterocycles. The lowest BCUT2D eigenvalue weighted by Gasteiger charge is -2.16. The maximum atomic E-state index is 9.25. The van der Waals surface area contributed by atoms with Gasteiger partial charge in [-0.25, -0.2) is 4.98 Å². The fraction of sp³-hybridized carbons (Fsp3) is 0.214. The fourth-order valence-electron chi connectivity index (χ4n) is 1.83. The summed E-state index contributed by atoms with van der Waals surface area (Å²) in [5.74, 6) is 0.281. The van der Waals surface area contributed by atoms with Crippen LogP contribution >= 0.6 is 27.5 Å². The van der Waals surface area contributed by atoms with Crippen molar-refractivity contribution in [2.24, 2.45) is 0 Å². The van der Waals surface area contributed by atoms with Crippen molar-refractivity contribution in [1.82, 2.24) is 4.98 Å². The van der Waals surface area contributed by atoms with E-state index >= 15 is 0 Å². The summed E-state index contributed by atoms with van der Waals surface area (Å²) >= 11 is 9.41. The molecule has 1 aromatic carbocycles. The number of halogens is 2. The van der Waals surface area contributed by atoms with Gasteiger partial charge in [-0.3, -0.25) is 0 Å². The summed E-state index contributed by atoms with van der Waals surface area (Å²) in [5, 5.41) is 13.0. The first-order valence-electron chi connectivity index (χ1n) is 5.90. The number of phenolic OH excluding ortho intramolecular Hbond substituents is 1. The van der Waals surface area contributed by atoms with E-state index in [9.17, 15) is 5.11 Å². The van der Waals surface area contributed by atoms with E-state index in [0.29, 0.717) is 5.15 Å². The van der Waals surface area contributed by atoms with Crippen LogP contribution in [-0.4, -0.2) is 16.1 Å². The molecule has 3 nitrogen and oxygen atoms in total. The zero-order chi connectivity index (χ0) is 13.8. The van der Waals surface area contributed by atoms with Gasteiger partial charge in [0.15, 0.2) is 5.15 Å². The average molecular weight is 342 g/mol. The molecule has 0 fully saturated rings. The van der Waals surface area contributed by atoms with Crippen molar-refractivity contribution in [3.8, 4) is 5.75 Å². The minimum atomic E-state index is 0.207. The van der Waals surface area contributed by atoms with Crippen molar-refractivity contribution >= 4 is 33.2 Å². The number of aromatic hydroxyl groups is 1. The number of aromatic nitrogens is 1. The van der Waals surface area contributed by atoms with Gasteiger partial charge in [-0.05, 0) is 53.0 Å². The Bertz CT molecular complexity index is 560. The van der Waals surface area contributed by atoms with Gasteiger partial charge in [0.2, 0.25) is 0 Å². The predicted molar refractivity (Wildman–Crippen MR) is 81.8 cm³/mol. The number of benzene rings is 1. The van der Waals surface area contributed by atoms with E-state index in [2.05, 4.69) is 33.2 Å². The van der Waals surface area contributed by atoms with Crippen LogP contribution in [0.25, 0.3) is 0 Å². The number of hydrogen-bond donors (Lipinski definition) is 2. The number of anilines is 1. The Morgan fingerprint density at radius 1 is 1.37 bits per heavy atom. The zero-order valence-corrected chi connectivity index (χ0v) is 12.7. The van der Waals surface area contributed by atoms with Crippen LogP contribution < -0.4 is 5.32 Å². The third-order valence-corrected chi connectivity index (χ3v) is 3.42. The van der Waals surface area contributed by atoms with Crippen molar-refractivity contribution in [2.45, 2.75) is 19.4 Å². The first-order valence-corrected chi connectivity index (χ1v) is 7.07. The average Bonchev–Trinajstić information content (AvgIpc) is 2.37. The van der Waals surface area contributed by atoms with Gasteiger partial charge in [-0.2, -0.15) is 0 Å². The monoisotopic (exact) mass is 340 g/mol. The second-order valence-corrected chi connectivity index (χ2v) is 5.68. The number of nitrogens with zero attached hydrogens (tertiary/aromatic N) is 1. The molecule has 0 saturated carbocycles. The molecule has 2 rings (SSSR count). The second kappa shape index (κ2) is 6.26. The Labute approximate surface area is 125 Å². The van der Waals surface area contributed by atoms with Crippen LogP contribution in [0.3, 0.4) is 0 Å². The molecule has 0 radical (unpaired) electrons. The van der Waals surface area contributed by atoms with E-state index in [-0.39, 0.29) is 11.8 Å². The van der Waals surface area contributed by atoms with Crippen LogP contribution in [0.5, 0.6) is 5.75 Å². The standard InChI is InChI=1S/C14H14BrClN2O/c1-9(6-10-2-4-12(19)5-3-10)18-13-7-11(15)8-17-14(13)16/h2-5,7-9,18-19H,6H2,1H3. The van der Waals surface area contributed by atoms with Crippen molar-refractivity contribution in [3.63, 3.8) is 0 Å². The summed E-state index contributed by atoms with van der Waals surface area (Å²) in [6, 6.07) is 9.31. The molecule has 19 heavy (non-hydrogen) atoms.